The Hall–Kier alpha value is -3.01. The van der Waals surface area contributed by atoms with E-state index in [-0.39, 0.29) is 26.9 Å². The summed E-state index contributed by atoms with van der Waals surface area (Å²) in [5.74, 6) is -1.53. The molecule has 2 N–H and O–H groups in total. The van der Waals surface area contributed by atoms with Crippen molar-refractivity contribution >= 4 is 46.8 Å². The fraction of sp³-hybridized carbons (Fsp3) is 0.0556. The predicted octanol–water partition coefficient (Wildman–Crippen LogP) is 4.25. The Morgan fingerprint density at radius 3 is 2.42 bits per heavy atom. The minimum Gasteiger partial charge on any atom is -0.494 e. The first-order valence-electron chi connectivity index (χ1n) is 7.15. The van der Waals surface area contributed by atoms with Crippen molar-refractivity contribution in [3.05, 3.63) is 63.1 Å². The SMILES string of the molecule is COc1c(Cl)cc(/C=C(/C#N)C(=O)Nc2cccc(C(=O)O)c2)cc1Cl. The average molecular weight is 391 g/mol. The number of halogens is 2. The zero-order valence-electron chi connectivity index (χ0n) is 13.4. The molecule has 0 radical (unpaired) electrons. The van der Waals surface area contributed by atoms with E-state index in [1.165, 1.54) is 49.6 Å². The number of benzene rings is 2. The van der Waals surface area contributed by atoms with Crippen LogP contribution in [0.4, 0.5) is 5.69 Å². The maximum absolute atomic E-state index is 12.3. The lowest BCUT2D eigenvalue weighted by Gasteiger charge is -2.08. The number of ether oxygens (including phenoxy) is 1. The van der Waals surface area contributed by atoms with E-state index in [2.05, 4.69) is 5.32 Å². The fourth-order valence-corrected chi connectivity index (χ4v) is 2.76. The molecule has 0 fully saturated rings. The van der Waals surface area contributed by atoms with Gasteiger partial charge in [0.2, 0.25) is 0 Å². The van der Waals surface area contributed by atoms with Crippen molar-refractivity contribution in [1.29, 1.82) is 5.26 Å². The molecule has 6 nitrogen and oxygen atoms in total. The number of anilines is 1. The Morgan fingerprint density at radius 2 is 1.88 bits per heavy atom. The summed E-state index contributed by atoms with van der Waals surface area (Å²) in [6.45, 7) is 0. The second-order valence-electron chi connectivity index (χ2n) is 5.03. The van der Waals surface area contributed by atoms with Crippen LogP contribution in [-0.4, -0.2) is 24.1 Å². The summed E-state index contributed by atoms with van der Waals surface area (Å²) in [5, 5.41) is 21.2. The van der Waals surface area contributed by atoms with Crippen LogP contribution in [0.15, 0.2) is 42.0 Å². The highest BCUT2D eigenvalue weighted by atomic mass is 35.5. The molecule has 0 atom stereocenters. The van der Waals surface area contributed by atoms with E-state index in [1.807, 2.05) is 0 Å². The van der Waals surface area contributed by atoms with Crippen molar-refractivity contribution in [2.45, 2.75) is 0 Å². The monoisotopic (exact) mass is 390 g/mol. The normalized spacial score (nSPS) is 10.8. The number of carbonyl (C=O) groups excluding carboxylic acids is 1. The summed E-state index contributed by atoms with van der Waals surface area (Å²) in [4.78, 5) is 23.3. The van der Waals surface area contributed by atoms with Gasteiger partial charge in [0.1, 0.15) is 11.6 Å². The molecule has 2 rings (SSSR count). The number of hydrogen-bond acceptors (Lipinski definition) is 4. The molecular formula is C18H12Cl2N2O4. The summed E-state index contributed by atoms with van der Waals surface area (Å²) in [7, 11) is 1.42. The van der Waals surface area contributed by atoms with Gasteiger partial charge in [-0.05, 0) is 42.0 Å². The van der Waals surface area contributed by atoms with E-state index in [0.717, 1.165) is 0 Å². The lowest BCUT2D eigenvalue weighted by atomic mass is 10.1. The number of methoxy groups -OCH3 is 1. The highest BCUT2D eigenvalue weighted by Crippen LogP contribution is 2.34. The van der Waals surface area contributed by atoms with Gasteiger partial charge in [-0.15, -0.1) is 0 Å². The molecule has 0 saturated heterocycles. The van der Waals surface area contributed by atoms with Crippen LogP contribution in [0.5, 0.6) is 5.75 Å². The number of rotatable bonds is 5. The number of carboxylic acids is 1. The summed E-state index contributed by atoms with van der Waals surface area (Å²) < 4.78 is 5.04. The summed E-state index contributed by atoms with van der Waals surface area (Å²) in [6.07, 6.45) is 1.31. The second-order valence-corrected chi connectivity index (χ2v) is 5.84. The van der Waals surface area contributed by atoms with Crippen LogP contribution in [0, 0.1) is 11.3 Å². The van der Waals surface area contributed by atoms with Crippen LogP contribution in [0.1, 0.15) is 15.9 Å². The van der Waals surface area contributed by atoms with Crippen LogP contribution >= 0.6 is 23.2 Å². The highest BCUT2D eigenvalue weighted by molar-refractivity contribution is 6.37. The van der Waals surface area contributed by atoms with E-state index >= 15 is 0 Å². The van der Waals surface area contributed by atoms with Crippen LogP contribution in [-0.2, 0) is 4.79 Å². The number of nitrogens with one attached hydrogen (secondary N) is 1. The first-order chi connectivity index (χ1) is 12.3. The molecule has 0 saturated carbocycles. The van der Waals surface area contributed by atoms with Crippen molar-refractivity contribution < 1.29 is 19.4 Å². The van der Waals surface area contributed by atoms with Gasteiger partial charge in [0, 0.05) is 5.69 Å². The molecule has 132 valence electrons. The van der Waals surface area contributed by atoms with Crippen molar-refractivity contribution in [3.63, 3.8) is 0 Å². The standard InChI is InChI=1S/C18H12Cl2N2O4/c1-26-16-14(19)6-10(7-15(16)20)5-12(9-21)17(23)22-13-4-2-3-11(8-13)18(24)25/h2-8H,1H3,(H,22,23)(H,24,25)/b12-5-. The lowest BCUT2D eigenvalue weighted by molar-refractivity contribution is -0.112. The van der Waals surface area contributed by atoms with Crippen LogP contribution < -0.4 is 10.1 Å². The molecule has 2 aromatic carbocycles. The van der Waals surface area contributed by atoms with Gasteiger partial charge >= 0.3 is 5.97 Å². The minimum atomic E-state index is -1.13. The molecular weight excluding hydrogens is 379 g/mol. The zero-order valence-corrected chi connectivity index (χ0v) is 14.9. The molecule has 26 heavy (non-hydrogen) atoms. The molecule has 0 spiro atoms. The van der Waals surface area contributed by atoms with E-state index < -0.39 is 11.9 Å². The summed E-state index contributed by atoms with van der Waals surface area (Å²) in [6, 6.07) is 10.5. The van der Waals surface area contributed by atoms with Gasteiger partial charge in [-0.1, -0.05) is 29.3 Å². The molecule has 0 aromatic heterocycles. The van der Waals surface area contributed by atoms with E-state index in [0.29, 0.717) is 11.3 Å². The molecule has 2 aromatic rings. The molecule has 0 aliphatic carbocycles. The van der Waals surface area contributed by atoms with Gasteiger partial charge in [-0.25, -0.2) is 4.79 Å². The van der Waals surface area contributed by atoms with Gasteiger partial charge in [-0.2, -0.15) is 5.26 Å². The third-order valence-electron chi connectivity index (χ3n) is 3.27. The quantitative estimate of drug-likeness (QED) is 0.587. The number of carbonyl (C=O) groups is 2. The summed E-state index contributed by atoms with van der Waals surface area (Å²) >= 11 is 12.1. The lowest BCUT2D eigenvalue weighted by Crippen LogP contribution is -2.14. The molecule has 0 unspecified atom stereocenters. The summed E-state index contributed by atoms with van der Waals surface area (Å²) in [5.41, 5.74) is 0.496. The Morgan fingerprint density at radius 1 is 1.23 bits per heavy atom. The van der Waals surface area contributed by atoms with Crippen molar-refractivity contribution in [2.75, 3.05) is 12.4 Å². The number of nitriles is 1. The predicted molar refractivity (Wildman–Crippen MR) is 98.6 cm³/mol. The maximum atomic E-state index is 12.3. The third kappa shape index (κ3) is 4.54. The maximum Gasteiger partial charge on any atom is 0.335 e. The Bertz CT molecular complexity index is 925. The van der Waals surface area contributed by atoms with Gasteiger partial charge in [-0.3, -0.25) is 4.79 Å². The van der Waals surface area contributed by atoms with Gasteiger partial charge < -0.3 is 15.2 Å². The van der Waals surface area contributed by atoms with E-state index in [4.69, 9.17) is 33.0 Å². The fourth-order valence-electron chi connectivity index (χ4n) is 2.10. The molecule has 1 amide bonds. The van der Waals surface area contributed by atoms with Gasteiger partial charge in [0.15, 0.2) is 5.75 Å². The first kappa shape index (κ1) is 19.3. The number of nitrogens with zero attached hydrogens (tertiary/aromatic N) is 1. The van der Waals surface area contributed by atoms with Crippen LogP contribution in [0.2, 0.25) is 10.0 Å². The van der Waals surface area contributed by atoms with Crippen molar-refractivity contribution in [1.82, 2.24) is 0 Å². The third-order valence-corrected chi connectivity index (χ3v) is 3.83. The van der Waals surface area contributed by atoms with Gasteiger partial charge in [0.05, 0.1) is 22.7 Å². The molecule has 8 heteroatoms. The smallest absolute Gasteiger partial charge is 0.335 e. The van der Waals surface area contributed by atoms with Gasteiger partial charge in [0.25, 0.3) is 5.91 Å². The largest absolute Gasteiger partial charge is 0.494 e. The molecule has 0 bridgehead atoms. The second kappa shape index (κ2) is 8.39. The highest BCUT2D eigenvalue weighted by Gasteiger charge is 2.13. The molecule has 0 heterocycles. The molecule has 0 aliphatic rings. The average Bonchev–Trinajstić information content (AvgIpc) is 2.59. The number of carboxylic acid groups (broad SMARTS) is 1. The first-order valence-corrected chi connectivity index (χ1v) is 7.91. The minimum absolute atomic E-state index is 0.0130. The van der Waals surface area contributed by atoms with E-state index in [1.54, 1.807) is 6.07 Å². The Kier molecular flexibility index (Phi) is 6.23. The van der Waals surface area contributed by atoms with Crippen LogP contribution in [0.3, 0.4) is 0 Å². The topological polar surface area (TPSA) is 99.4 Å². The Balaban J connectivity index is 2.29. The molecule has 0 aliphatic heterocycles. The zero-order chi connectivity index (χ0) is 19.3. The number of hydrogen-bond donors (Lipinski definition) is 2. The number of aromatic carboxylic acids is 1. The Labute approximate surface area is 159 Å². The van der Waals surface area contributed by atoms with Crippen molar-refractivity contribution in [3.8, 4) is 11.8 Å². The van der Waals surface area contributed by atoms with E-state index in [9.17, 15) is 14.9 Å². The number of amides is 1. The van der Waals surface area contributed by atoms with Crippen molar-refractivity contribution in [2.24, 2.45) is 0 Å². The van der Waals surface area contributed by atoms with Crippen LogP contribution in [0.25, 0.3) is 6.08 Å².